The van der Waals surface area contributed by atoms with Gasteiger partial charge in [0.05, 0.1) is 16.6 Å². The van der Waals surface area contributed by atoms with Crippen molar-refractivity contribution in [3.8, 4) is 11.4 Å². The number of carbonyl (C=O) groups is 2. The first-order chi connectivity index (χ1) is 14.5. The molecule has 1 atom stereocenters. The van der Waals surface area contributed by atoms with Crippen molar-refractivity contribution < 1.29 is 14.3 Å². The highest BCUT2D eigenvalue weighted by Crippen LogP contribution is 2.25. The van der Waals surface area contributed by atoms with Gasteiger partial charge in [0.25, 0.3) is 5.91 Å². The highest BCUT2D eigenvalue weighted by molar-refractivity contribution is 6.30. The van der Waals surface area contributed by atoms with Crippen LogP contribution in [-0.4, -0.2) is 27.9 Å². The number of aromatic nitrogens is 2. The first-order valence-corrected chi connectivity index (χ1v) is 9.70. The van der Waals surface area contributed by atoms with Crippen LogP contribution in [0.3, 0.4) is 0 Å². The van der Waals surface area contributed by atoms with Gasteiger partial charge in [-0.15, -0.1) is 0 Å². The summed E-state index contributed by atoms with van der Waals surface area (Å²) >= 11 is 5.93. The van der Waals surface area contributed by atoms with Gasteiger partial charge in [0.15, 0.2) is 6.10 Å². The van der Waals surface area contributed by atoms with E-state index in [0.717, 1.165) is 11.0 Å². The van der Waals surface area contributed by atoms with Crippen molar-refractivity contribution in [3.05, 3.63) is 83.4 Å². The van der Waals surface area contributed by atoms with E-state index in [-0.39, 0.29) is 0 Å². The number of esters is 1. The van der Waals surface area contributed by atoms with Gasteiger partial charge in [-0.3, -0.25) is 4.79 Å². The minimum absolute atomic E-state index is 0.318. The smallest absolute Gasteiger partial charge is 0.339 e. The number of amides is 1. The first kappa shape index (κ1) is 19.7. The van der Waals surface area contributed by atoms with E-state index in [4.69, 9.17) is 16.3 Å². The molecule has 0 aliphatic rings. The van der Waals surface area contributed by atoms with Gasteiger partial charge in [0.1, 0.15) is 5.82 Å². The number of halogens is 1. The lowest BCUT2D eigenvalue weighted by Gasteiger charge is -2.15. The number of nitrogens with one attached hydrogen (secondary N) is 2. The summed E-state index contributed by atoms with van der Waals surface area (Å²) in [5.74, 6) is -0.508. The fraction of sp³-hybridized carbons (Fsp3) is 0.0870. The van der Waals surface area contributed by atoms with Gasteiger partial charge >= 0.3 is 5.97 Å². The zero-order chi connectivity index (χ0) is 21.1. The first-order valence-electron chi connectivity index (χ1n) is 9.33. The van der Waals surface area contributed by atoms with Crippen LogP contribution in [0.15, 0.2) is 72.8 Å². The molecule has 0 radical (unpaired) electrons. The predicted molar refractivity (Wildman–Crippen MR) is 116 cm³/mol. The summed E-state index contributed by atoms with van der Waals surface area (Å²) in [4.78, 5) is 33.0. The Morgan fingerprint density at radius 3 is 2.60 bits per heavy atom. The summed E-state index contributed by atoms with van der Waals surface area (Å²) < 4.78 is 5.41. The van der Waals surface area contributed by atoms with Crippen LogP contribution in [0.25, 0.3) is 22.4 Å². The number of carbonyl (C=O) groups excluding carboxylic acids is 2. The number of hydrogen-bond acceptors (Lipinski definition) is 4. The van der Waals surface area contributed by atoms with E-state index >= 15 is 0 Å². The van der Waals surface area contributed by atoms with Gasteiger partial charge in [-0.05, 0) is 43.3 Å². The molecule has 150 valence electrons. The summed E-state index contributed by atoms with van der Waals surface area (Å²) in [5.41, 5.74) is 3.10. The summed E-state index contributed by atoms with van der Waals surface area (Å²) in [6.07, 6.45) is -1.000. The molecule has 2 N–H and O–H groups in total. The Labute approximate surface area is 177 Å². The molecule has 30 heavy (non-hydrogen) atoms. The number of aromatic amines is 1. The van der Waals surface area contributed by atoms with Gasteiger partial charge in [0, 0.05) is 16.3 Å². The van der Waals surface area contributed by atoms with E-state index < -0.39 is 18.0 Å². The second-order valence-electron chi connectivity index (χ2n) is 6.70. The molecule has 0 aliphatic heterocycles. The van der Waals surface area contributed by atoms with E-state index in [1.54, 1.807) is 42.5 Å². The van der Waals surface area contributed by atoms with Gasteiger partial charge in [-0.25, -0.2) is 9.78 Å². The maximum atomic E-state index is 12.8. The Kier molecular flexibility index (Phi) is 5.50. The summed E-state index contributed by atoms with van der Waals surface area (Å²) in [7, 11) is 0. The molecule has 6 nitrogen and oxygen atoms in total. The van der Waals surface area contributed by atoms with Crippen LogP contribution in [0.5, 0.6) is 0 Å². The zero-order valence-corrected chi connectivity index (χ0v) is 16.8. The van der Waals surface area contributed by atoms with Crippen molar-refractivity contribution in [2.75, 3.05) is 5.32 Å². The second kappa shape index (κ2) is 8.39. The number of anilines is 1. The molecule has 7 heteroatoms. The van der Waals surface area contributed by atoms with Crippen LogP contribution >= 0.6 is 11.6 Å². The van der Waals surface area contributed by atoms with Crippen molar-refractivity contribution in [1.82, 2.24) is 9.97 Å². The average Bonchev–Trinajstić information content (AvgIpc) is 3.18. The van der Waals surface area contributed by atoms with Crippen molar-refractivity contribution in [3.63, 3.8) is 0 Å². The minimum atomic E-state index is -1.000. The molecule has 0 bridgehead atoms. The highest BCUT2D eigenvalue weighted by Gasteiger charge is 2.22. The number of rotatable bonds is 5. The molecule has 0 saturated heterocycles. The van der Waals surface area contributed by atoms with Crippen LogP contribution in [0.2, 0.25) is 5.02 Å². The Morgan fingerprint density at radius 2 is 1.80 bits per heavy atom. The van der Waals surface area contributed by atoms with Gasteiger partial charge in [-0.1, -0.05) is 48.0 Å². The summed E-state index contributed by atoms with van der Waals surface area (Å²) in [5, 5.41) is 3.18. The average molecular weight is 420 g/mol. The lowest BCUT2D eigenvalue weighted by atomic mass is 10.1. The van der Waals surface area contributed by atoms with Crippen molar-refractivity contribution in [2.45, 2.75) is 13.0 Å². The number of para-hydroxylation sites is 2. The molecule has 4 rings (SSSR count). The standard InChI is InChI=1S/C23H18ClN3O3/c1-14(22(28)25-16-8-6-7-15(24)13-16)30-23(29)18-10-3-2-9-17(18)21-26-19-11-4-5-12-20(19)27-21/h2-14H,1H3,(H,25,28)(H,26,27). The lowest BCUT2D eigenvalue weighted by molar-refractivity contribution is -0.123. The number of hydrogen-bond donors (Lipinski definition) is 2. The van der Waals surface area contributed by atoms with Crippen LogP contribution in [-0.2, 0) is 9.53 Å². The molecule has 3 aromatic carbocycles. The molecule has 1 aromatic heterocycles. The fourth-order valence-electron chi connectivity index (χ4n) is 3.04. The largest absolute Gasteiger partial charge is 0.449 e. The monoisotopic (exact) mass is 419 g/mol. The molecule has 0 saturated carbocycles. The van der Waals surface area contributed by atoms with E-state index in [1.165, 1.54) is 6.92 Å². The van der Waals surface area contributed by atoms with E-state index in [1.807, 2.05) is 30.3 Å². The Hall–Kier alpha value is -3.64. The third-order valence-electron chi connectivity index (χ3n) is 4.54. The SMILES string of the molecule is CC(OC(=O)c1ccccc1-c1nc2ccccc2[nH]1)C(=O)Nc1cccc(Cl)c1. The number of benzene rings is 3. The lowest BCUT2D eigenvalue weighted by Crippen LogP contribution is -2.30. The number of ether oxygens (including phenoxy) is 1. The maximum absolute atomic E-state index is 12.8. The van der Waals surface area contributed by atoms with Gasteiger partial charge in [-0.2, -0.15) is 0 Å². The molecular formula is C23H18ClN3O3. The summed E-state index contributed by atoms with van der Waals surface area (Å²) in [6.45, 7) is 1.52. The quantitative estimate of drug-likeness (QED) is 0.442. The van der Waals surface area contributed by atoms with Crippen molar-refractivity contribution in [1.29, 1.82) is 0 Å². The Bertz CT molecular complexity index is 1200. The molecule has 0 spiro atoms. The predicted octanol–water partition coefficient (Wildman–Crippen LogP) is 5.07. The second-order valence-corrected chi connectivity index (χ2v) is 7.13. The van der Waals surface area contributed by atoms with E-state index in [2.05, 4.69) is 15.3 Å². The molecule has 0 aliphatic carbocycles. The minimum Gasteiger partial charge on any atom is -0.449 e. The van der Waals surface area contributed by atoms with Crippen LogP contribution in [0, 0.1) is 0 Å². The number of fused-ring (bicyclic) bond motifs is 1. The number of nitrogens with zero attached hydrogens (tertiary/aromatic N) is 1. The maximum Gasteiger partial charge on any atom is 0.339 e. The number of H-pyrrole nitrogens is 1. The fourth-order valence-corrected chi connectivity index (χ4v) is 3.23. The number of imidazole rings is 1. The van der Waals surface area contributed by atoms with Crippen molar-refractivity contribution in [2.24, 2.45) is 0 Å². The van der Waals surface area contributed by atoms with Crippen LogP contribution in [0.1, 0.15) is 17.3 Å². The summed E-state index contributed by atoms with van der Waals surface area (Å²) in [6, 6.07) is 21.3. The zero-order valence-electron chi connectivity index (χ0n) is 16.1. The van der Waals surface area contributed by atoms with Crippen molar-refractivity contribution >= 4 is 40.2 Å². The van der Waals surface area contributed by atoms with Gasteiger partial charge in [0.2, 0.25) is 0 Å². The highest BCUT2D eigenvalue weighted by atomic mass is 35.5. The topological polar surface area (TPSA) is 84.1 Å². The molecule has 0 fully saturated rings. The van der Waals surface area contributed by atoms with Crippen LogP contribution < -0.4 is 5.32 Å². The molecule has 1 amide bonds. The third-order valence-corrected chi connectivity index (χ3v) is 4.77. The Morgan fingerprint density at radius 1 is 1.03 bits per heavy atom. The Balaban J connectivity index is 1.53. The van der Waals surface area contributed by atoms with Gasteiger partial charge < -0.3 is 15.0 Å². The van der Waals surface area contributed by atoms with E-state index in [9.17, 15) is 9.59 Å². The van der Waals surface area contributed by atoms with E-state index in [0.29, 0.717) is 27.7 Å². The molecule has 1 unspecified atom stereocenters. The van der Waals surface area contributed by atoms with Crippen LogP contribution in [0.4, 0.5) is 5.69 Å². The molecular weight excluding hydrogens is 402 g/mol. The molecule has 4 aromatic rings. The molecule has 1 heterocycles. The normalized spacial score (nSPS) is 11.8. The third kappa shape index (κ3) is 4.18.